The summed E-state index contributed by atoms with van der Waals surface area (Å²) in [5.41, 5.74) is 2.42. The molecule has 0 aliphatic carbocycles. The Morgan fingerprint density at radius 2 is 1.40 bits per heavy atom. The SMILES string of the molecule is O=C([C@@H]1CN(S(=O)(=O)Cc2ccccc2)c2ccccc2O1)N1CCN(Cc2ccccc2)CC1. The highest BCUT2D eigenvalue weighted by Crippen LogP contribution is 2.36. The standard InChI is InChI=1S/C27H29N3O4S/c31-27(29-17-15-28(16-18-29)19-22-9-3-1-4-10-22)26-20-30(24-13-7-8-14-25(24)34-26)35(32,33)21-23-11-5-2-6-12-23/h1-14,26H,15-21H2/t26-/m0/s1. The van der Waals surface area contributed by atoms with E-state index in [1.807, 2.05) is 36.4 Å². The van der Waals surface area contributed by atoms with Crippen molar-refractivity contribution in [2.45, 2.75) is 18.4 Å². The predicted molar refractivity (Wildman–Crippen MR) is 136 cm³/mol. The van der Waals surface area contributed by atoms with Gasteiger partial charge < -0.3 is 9.64 Å². The largest absolute Gasteiger partial charge is 0.476 e. The van der Waals surface area contributed by atoms with Crippen molar-refractivity contribution in [3.8, 4) is 5.75 Å². The number of carbonyl (C=O) groups excluding carboxylic acids is 1. The highest BCUT2D eigenvalue weighted by Gasteiger charge is 2.39. The molecule has 1 saturated heterocycles. The second-order valence-corrected chi connectivity index (χ2v) is 10.8. The number of ether oxygens (including phenoxy) is 1. The van der Waals surface area contributed by atoms with Gasteiger partial charge in [0.1, 0.15) is 5.75 Å². The first-order chi connectivity index (χ1) is 17.0. The number of nitrogens with zero attached hydrogens (tertiary/aromatic N) is 3. The monoisotopic (exact) mass is 491 g/mol. The van der Waals surface area contributed by atoms with E-state index in [1.54, 1.807) is 41.3 Å². The number of anilines is 1. The van der Waals surface area contributed by atoms with E-state index in [2.05, 4.69) is 17.0 Å². The zero-order chi connectivity index (χ0) is 24.3. The maximum atomic E-state index is 13.4. The average Bonchev–Trinajstić information content (AvgIpc) is 2.89. The van der Waals surface area contributed by atoms with E-state index in [1.165, 1.54) is 9.87 Å². The van der Waals surface area contributed by atoms with Crippen molar-refractivity contribution in [3.63, 3.8) is 0 Å². The van der Waals surface area contributed by atoms with Crippen molar-refractivity contribution in [2.75, 3.05) is 37.0 Å². The van der Waals surface area contributed by atoms with E-state index in [0.29, 0.717) is 30.1 Å². The first-order valence-corrected chi connectivity index (χ1v) is 13.5. The number of fused-ring (bicyclic) bond motifs is 1. The van der Waals surface area contributed by atoms with Crippen molar-refractivity contribution in [3.05, 3.63) is 96.1 Å². The third kappa shape index (κ3) is 5.33. The number of benzene rings is 3. The van der Waals surface area contributed by atoms with Crippen LogP contribution >= 0.6 is 0 Å². The molecule has 3 aromatic rings. The molecule has 0 bridgehead atoms. The summed E-state index contributed by atoms with van der Waals surface area (Å²) in [5, 5.41) is 0. The molecular weight excluding hydrogens is 462 g/mol. The van der Waals surface area contributed by atoms with E-state index >= 15 is 0 Å². The molecule has 182 valence electrons. The van der Waals surface area contributed by atoms with Crippen LogP contribution in [0.5, 0.6) is 5.75 Å². The zero-order valence-electron chi connectivity index (χ0n) is 19.5. The van der Waals surface area contributed by atoms with Gasteiger partial charge in [-0.15, -0.1) is 0 Å². The molecule has 2 heterocycles. The van der Waals surface area contributed by atoms with Gasteiger partial charge in [-0.05, 0) is 23.3 Å². The number of carbonyl (C=O) groups is 1. The molecule has 0 spiro atoms. The number of sulfonamides is 1. The zero-order valence-corrected chi connectivity index (χ0v) is 20.3. The molecule has 3 aromatic carbocycles. The summed E-state index contributed by atoms with van der Waals surface area (Å²) in [5.74, 6) is 0.108. The minimum absolute atomic E-state index is 0.0325. The smallest absolute Gasteiger partial charge is 0.265 e. The average molecular weight is 492 g/mol. The molecule has 2 aliphatic rings. The molecule has 1 fully saturated rings. The molecule has 2 aliphatic heterocycles. The fraction of sp³-hybridized carbons (Fsp3) is 0.296. The summed E-state index contributed by atoms with van der Waals surface area (Å²) in [6.07, 6.45) is -0.879. The van der Waals surface area contributed by atoms with Gasteiger partial charge in [0.25, 0.3) is 5.91 Å². The molecule has 0 aromatic heterocycles. The molecule has 1 atom stereocenters. The number of piperazine rings is 1. The lowest BCUT2D eigenvalue weighted by Gasteiger charge is -2.39. The van der Waals surface area contributed by atoms with Crippen LogP contribution < -0.4 is 9.04 Å². The summed E-state index contributed by atoms with van der Waals surface area (Å²) in [6, 6.07) is 26.4. The van der Waals surface area contributed by atoms with Gasteiger partial charge in [-0.2, -0.15) is 0 Å². The Bertz CT molecular complexity index is 1260. The van der Waals surface area contributed by atoms with Crippen LogP contribution in [0.2, 0.25) is 0 Å². The minimum atomic E-state index is -3.72. The number of hydrogen-bond acceptors (Lipinski definition) is 5. The summed E-state index contributed by atoms with van der Waals surface area (Å²) in [7, 11) is -3.72. The van der Waals surface area contributed by atoms with Crippen LogP contribution in [0, 0.1) is 0 Å². The molecule has 1 amide bonds. The fourth-order valence-electron chi connectivity index (χ4n) is 4.63. The molecule has 7 nitrogen and oxygen atoms in total. The normalized spacial score (nSPS) is 18.6. The molecule has 35 heavy (non-hydrogen) atoms. The quantitative estimate of drug-likeness (QED) is 0.530. The first kappa shape index (κ1) is 23.4. The molecule has 0 unspecified atom stereocenters. The lowest BCUT2D eigenvalue weighted by atomic mass is 10.1. The maximum absolute atomic E-state index is 13.4. The van der Waals surface area contributed by atoms with Crippen molar-refractivity contribution in [1.82, 2.24) is 9.80 Å². The first-order valence-electron chi connectivity index (χ1n) is 11.8. The Labute approximate surface area is 206 Å². The Balaban J connectivity index is 1.29. The fourth-order valence-corrected chi connectivity index (χ4v) is 6.21. The Hall–Kier alpha value is -3.36. The molecule has 8 heteroatoms. The van der Waals surface area contributed by atoms with Crippen molar-refractivity contribution in [1.29, 1.82) is 0 Å². The molecule has 0 saturated carbocycles. The number of para-hydroxylation sites is 2. The Morgan fingerprint density at radius 1 is 0.800 bits per heavy atom. The topological polar surface area (TPSA) is 70.2 Å². The van der Waals surface area contributed by atoms with Crippen molar-refractivity contribution in [2.24, 2.45) is 0 Å². The summed E-state index contributed by atoms with van der Waals surface area (Å²) in [4.78, 5) is 17.5. The Kier molecular flexibility index (Phi) is 6.74. The van der Waals surface area contributed by atoms with Crippen molar-refractivity contribution >= 4 is 21.6 Å². The van der Waals surface area contributed by atoms with Gasteiger partial charge in [-0.1, -0.05) is 72.8 Å². The highest BCUT2D eigenvalue weighted by molar-refractivity contribution is 7.92. The lowest BCUT2D eigenvalue weighted by Crippen LogP contribution is -2.56. The number of rotatable bonds is 6. The van der Waals surface area contributed by atoms with E-state index in [9.17, 15) is 13.2 Å². The third-order valence-electron chi connectivity index (χ3n) is 6.47. The van der Waals surface area contributed by atoms with Gasteiger partial charge in [0.05, 0.1) is 18.0 Å². The van der Waals surface area contributed by atoms with Gasteiger partial charge in [0.2, 0.25) is 10.0 Å². The highest BCUT2D eigenvalue weighted by atomic mass is 32.2. The second-order valence-electron chi connectivity index (χ2n) is 8.93. The second kappa shape index (κ2) is 10.1. The summed E-state index contributed by atoms with van der Waals surface area (Å²) in [6.45, 7) is 3.52. The van der Waals surface area contributed by atoms with Crippen LogP contribution in [0.1, 0.15) is 11.1 Å². The summed E-state index contributed by atoms with van der Waals surface area (Å²) >= 11 is 0. The van der Waals surface area contributed by atoms with Gasteiger partial charge >= 0.3 is 0 Å². The van der Waals surface area contributed by atoms with Crippen LogP contribution in [0.3, 0.4) is 0 Å². The van der Waals surface area contributed by atoms with Crippen LogP contribution in [0.25, 0.3) is 0 Å². The van der Waals surface area contributed by atoms with E-state index in [0.717, 1.165) is 19.6 Å². The van der Waals surface area contributed by atoms with E-state index < -0.39 is 16.1 Å². The van der Waals surface area contributed by atoms with Gasteiger partial charge in [-0.25, -0.2) is 8.42 Å². The van der Waals surface area contributed by atoms with Gasteiger partial charge in [0.15, 0.2) is 6.10 Å². The van der Waals surface area contributed by atoms with Crippen LogP contribution in [0.15, 0.2) is 84.9 Å². The predicted octanol–water partition coefficient (Wildman–Crippen LogP) is 3.13. The van der Waals surface area contributed by atoms with Crippen molar-refractivity contribution < 1.29 is 17.9 Å². The number of amides is 1. The number of hydrogen-bond donors (Lipinski definition) is 0. The van der Waals surface area contributed by atoms with Crippen LogP contribution in [0.4, 0.5) is 5.69 Å². The van der Waals surface area contributed by atoms with E-state index in [4.69, 9.17) is 4.74 Å². The van der Waals surface area contributed by atoms with Crippen LogP contribution in [-0.4, -0.2) is 63.0 Å². The molecule has 5 rings (SSSR count). The van der Waals surface area contributed by atoms with Gasteiger partial charge in [0, 0.05) is 32.7 Å². The minimum Gasteiger partial charge on any atom is -0.476 e. The maximum Gasteiger partial charge on any atom is 0.265 e. The molecule has 0 radical (unpaired) electrons. The third-order valence-corrected chi connectivity index (χ3v) is 8.19. The molecular formula is C27H29N3O4S. The van der Waals surface area contributed by atoms with Gasteiger partial charge in [-0.3, -0.25) is 14.0 Å². The summed E-state index contributed by atoms with van der Waals surface area (Å²) < 4.78 is 34.2. The van der Waals surface area contributed by atoms with Crippen LogP contribution in [-0.2, 0) is 27.1 Å². The van der Waals surface area contributed by atoms with E-state index in [-0.39, 0.29) is 18.2 Å². The Morgan fingerprint density at radius 3 is 2.09 bits per heavy atom. The molecule has 0 N–H and O–H groups in total. The lowest BCUT2D eigenvalue weighted by molar-refractivity contribution is -0.140.